The second-order valence-corrected chi connectivity index (χ2v) is 13.8. The molecule has 0 spiro atoms. The summed E-state index contributed by atoms with van der Waals surface area (Å²) in [6, 6.07) is 27.2. The van der Waals surface area contributed by atoms with E-state index in [4.69, 9.17) is 0 Å². The molecule has 2 aliphatic rings. The summed E-state index contributed by atoms with van der Waals surface area (Å²) >= 11 is 1.84. The smallest absolute Gasteiger partial charge is 0.262 e. The number of aromatic nitrogens is 3. The summed E-state index contributed by atoms with van der Waals surface area (Å²) in [4.78, 5) is 38.6. The number of nitrogens with zero attached hydrogens (tertiary/aromatic N) is 5. The molecule has 0 radical (unpaired) electrons. The Hall–Kier alpha value is -4.05. The van der Waals surface area contributed by atoms with E-state index in [9.17, 15) is 14.7 Å². The molecule has 2 aliphatic heterocycles. The number of aryl methyl sites for hydroxylation is 1. The highest BCUT2D eigenvalue weighted by Gasteiger charge is 2.41. The summed E-state index contributed by atoms with van der Waals surface area (Å²) in [7, 11) is 1.86. The largest absolute Gasteiger partial charge is 0.388 e. The number of aliphatic hydroxyl groups is 1. The molecular formula is C36H39N5O3S. The van der Waals surface area contributed by atoms with Crippen molar-refractivity contribution in [3.8, 4) is 10.4 Å². The lowest BCUT2D eigenvalue weighted by molar-refractivity contribution is -0.142. The minimum absolute atomic E-state index is 0.101. The van der Waals surface area contributed by atoms with Gasteiger partial charge in [0.15, 0.2) is 0 Å². The van der Waals surface area contributed by atoms with Crippen LogP contribution >= 0.6 is 11.3 Å². The minimum Gasteiger partial charge on any atom is -0.388 e. The third-order valence-corrected chi connectivity index (χ3v) is 10.8. The van der Waals surface area contributed by atoms with Crippen LogP contribution in [0.2, 0.25) is 0 Å². The van der Waals surface area contributed by atoms with Crippen molar-refractivity contribution in [3.05, 3.63) is 112 Å². The predicted molar refractivity (Wildman–Crippen MR) is 178 cm³/mol. The van der Waals surface area contributed by atoms with Gasteiger partial charge in [0.25, 0.3) is 5.56 Å². The monoisotopic (exact) mass is 621 g/mol. The van der Waals surface area contributed by atoms with Crippen LogP contribution in [0.1, 0.15) is 35.6 Å². The number of likely N-dealkylation sites (tertiary alicyclic amines) is 2. The summed E-state index contributed by atoms with van der Waals surface area (Å²) in [5.74, 6) is 0.173. The number of carbonyl (C=O) groups excluding carboxylic acids is 1. The Morgan fingerprint density at radius 1 is 0.978 bits per heavy atom. The first-order valence-electron chi connectivity index (χ1n) is 15.8. The third kappa shape index (κ3) is 6.12. The van der Waals surface area contributed by atoms with Crippen LogP contribution in [-0.2, 0) is 24.9 Å². The van der Waals surface area contributed by atoms with Crippen molar-refractivity contribution >= 4 is 28.3 Å². The fourth-order valence-electron chi connectivity index (χ4n) is 7.08. The number of piperidine rings is 2. The SMILES string of the molecule is Cn1ccc2c(=O)n(CC3(O)CCN(C(=O)[C@@H]4CCN(Cc5ccc(-c6ccccc6)s5)C[C@H]4c4ccccc4)CC3)cnc21. The fraction of sp³-hybridized carbons (Fsp3) is 0.361. The van der Waals surface area contributed by atoms with Gasteiger partial charge in [-0.1, -0.05) is 60.7 Å². The van der Waals surface area contributed by atoms with Gasteiger partial charge in [-0.15, -0.1) is 11.3 Å². The quantitative estimate of drug-likeness (QED) is 0.273. The maximum Gasteiger partial charge on any atom is 0.262 e. The Bertz CT molecular complexity index is 1840. The molecule has 7 rings (SSSR count). The average molecular weight is 622 g/mol. The van der Waals surface area contributed by atoms with Crippen LogP contribution < -0.4 is 5.56 Å². The van der Waals surface area contributed by atoms with E-state index in [-0.39, 0.29) is 29.8 Å². The molecule has 1 amide bonds. The molecule has 0 unspecified atom stereocenters. The standard InChI is InChI=1S/C36H39N5O3S/c1-38-18-14-30-33(38)37-25-41(35(30)43)24-36(44)16-20-40(21-17-36)34(42)29-15-19-39(23-31(29)26-8-4-2-5-9-26)22-28-12-13-32(45-28)27-10-6-3-7-11-27/h2-14,18,25,29,31,44H,15-17,19-24H2,1H3/t29-,31+/m1/s1. The summed E-state index contributed by atoms with van der Waals surface area (Å²) in [6.45, 7) is 3.70. The van der Waals surface area contributed by atoms with Crippen LogP contribution in [0.4, 0.5) is 0 Å². The molecule has 5 aromatic rings. The molecule has 2 aromatic carbocycles. The van der Waals surface area contributed by atoms with Gasteiger partial charge < -0.3 is 14.6 Å². The van der Waals surface area contributed by atoms with E-state index in [2.05, 4.69) is 70.5 Å². The number of carbonyl (C=O) groups is 1. The van der Waals surface area contributed by atoms with Crippen LogP contribution in [0.15, 0.2) is 96.2 Å². The Morgan fingerprint density at radius 3 is 2.47 bits per heavy atom. The second-order valence-electron chi connectivity index (χ2n) is 12.7. The number of amides is 1. The highest BCUT2D eigenvalue weighted by molar-refractivity contribution is 7.15. The van der Waals surface area contributed by atoms with Gasteiger partial charge in [-0.2, -0.15) is 0 Å². The van der Waals surface area contributed by atoms with E-state index in [0.29, 0.717) is 37.0 Å². The van der Waals surface area contributed by atoms with Crippen molar-refractivity contribution in [2.24, 2.45) is 13.0 Å². The van der Waals surface area contributed by atoms with E-state index in [1.54, 1.807) is 6.07 Å². The van der Waals surface area contributed by atoms with Gasteiger partial charge in [-0.25, -0.2) is 4.98 Å². The normalized spacial score (nSPS) is 20.4. The van der Waals surface area contributed by atoms with Crippen molar-refractivity contribution in [3.63, 3.8) is 0 Å². The molecule has 45 heavy (non-hydrogen) atoms. The Balaban J connectivity index is 1.02. The summed E-state index contributed by atoms with van der Waals surface area (Å²) in [6.07, 6.45) is 4.99. The third-order valence-electron chi connectivity index (χ3n) is 9.66. The molecule has 2 saturated heterocycles. The van der Waals surface area contributed by atoms with Gasteiger partial charge in [-0.05, 0) is 55.1 Å². The highest BCUT2D eigenvalue weighted by atomic mass is 32.1. The molecule has 232 valence electrons. The zero-order valence-electron chi connectivity index (χ0n) is 25.6. The fourth-order valence-corrected chi connectivity index (χ4v) is 8.14. The van der Waals surface area contributed by atoms with Crippen molar-refractivity contribution in [1.82, 2.24) is 23.9 Å². The van der Waals surface area contributed by atoms with E-state index in [0.717, 1.165) is 26.1 Å². The molecule has 3 aromatic heterocycles. The number of rotatable bonds is 7. The molecule has 8 nitrogen and oxygen atoms in total. The van der Waals surface area contributed by atoms with Crippen molar-refractivity contribution in [2.45, 2.75) is 43.9 Å². The van der Waals surface area contributed by atoms with E-state index in [1.165, 1.54) is 31.8 Å². The van der Waals surface area contributed by atoms with Gasteiger partial charge in [0.2, 0.25) is 5.91 Å². The van der Waals surface area contributed by atoms with Crippen LogP contribution in [-0.4, -0.2) is 66.7 Å². The maximum absolute atomic E-state index is 14.1. The molecule has 0 aliphatic carbocycles. The van der Waals surface area contributed by atoms with Crippen LogP contribution in [0.5, 0.6) is 0 Å². The van der Waals surface area contributed by atoms with Gasteiger partial charge >= 0.3 is 0 Å². The zero-order chi connectivity index (χ0) is 31.0. The summed E-state index contributed by atoms with van der Waals surface area (Å²) < 4.78 is 3.33. The lowest BCUT2D eigenvalue weighted by atomic mass is 9.79. The van der Waals surface area contributed by atoms with Crippen molar-refractivity contribution in [1.29, 1.82) is 0 Å². The molecule has 2 fully saturated rings. The molecule has 1 N–H and O–H groups in total. The molecule has 2 atom stereocenters. The molecule has 0 bridgehead atoms. The predicted octanol–water partition coefficient (Wildman–Crippen LogP) is 5.12. The van der Waals surface area contributed by atoms with Crippen LogP contribution in [0.25, 0.3) is 21.5 Å². The molecule has 0 saturated carbocycles. The first-order valence-corrected chi connectivity index (χ1v) is 16.6. The van der Waals surface area contributed by atoms with Crippen molar-refractivity contribution in [2.75, 3.05) is 26.2 Å². The Morgan fingerprint density at radius 2 is 1.71 bits per heavy atom. The molecule has 5 heterocycles. The van der Waals surface area contributed by atoms with E-state index in [1.807, 2.05) is 46.2 Å². The van der Waals surface area contributed by atoms with Crippen LogP contribution in [0.3, 0.4) is 0 Å². The van der Waals surface area contributed by atoms with Gasteiger partial charge in [0, 0.05) is 61.0 Å². The maximum atomic E-state index is 14.1. The van der Waals surface area contributed by atoms with Gasteiger partial charge in [0.05, 0.1) is 17.5 Å². The molecule has 9 heteroatoms. The lowest BCUT2D eigenvalue weighted by Crippen LogP contribution is -2.53. The summed E-state index contributed by atoms with van der Waals surface area (Å²) in [5, 5.41) is 12.0. The number of benzene rings is 2. The van der Waals surface area contributed by atoms with Gasteiger partial charge in [-0.3, -0.25) is 19.1 Å². The minimum atomic E-state index is -1.06. The van der Waals surface area contributed by atoms with E-state index >= 15 is 0 Å². The van der Waals surface area contributed by atoms with Gasteiger partial charge in [0.1, 0.15) is 12.0 Å². The van der Waals surface area contributed by atoms with E-state index < -0.39 is 5.60 Å². The lowest BCUT2D eigenvalue weighted by Gasteiger charge is -2.43. The number of fused-ring (bicyclic) bond motifs is 1. The summed E-state index contributed by atoms with van der Waals surface area (Å²) in [5.41, 5.74) is 1.87. The number of hydrogen-bond acceptors (Lipinski definition) is 6. The van der Waals surface area contributed by atoms with Crippen LogP contribution in [0, 0.1) is 5.92 Å². The Labute approximate surface area is 267 Å². The first-order chi connectivity index (χ1) is 21.9. The second kappa shape index (κ2) is 12.4. The number of hydrogen-bond donors (Lipinski definition) is 1. The zero-order valence-corrected chi connectivity index (χ0v) is 26.4. The molecular weight excluding hydrogens is 582 g/mol. The number of thiophene rings is 1. The average Bonchev–Trinajstić information content (AvgIpc) is 3.70. The van der Waals surface area contributed by atoms with Crippen molar-refractivity contribution < 1.29 is 9.90 Å². The topological polar surface area (TPSA) is 83.6 Å². The highest BCUT2D eigenvalue weighted by Crippen LogP contribution is 2.37. The first kappa shape index (κ1) is 29.6. The Kier molecular flexibility index (Phi) is 8.16.